The maximum Gasteiger partial charge on any atom is 0.271 e. The van der Waals surface area contributed by atoms with Crippen LogP contribution in [0.5, 0.6) is 0 Å². The van der Waals surface area contributed by atoms with Crippen molar-refractivity contribution in [1.82, 2.24) is 5.32 Å². The highest BCUT2D eigenvalue weighted by molar-refractivity contribution is 9.10. The Kier molecular flexibility index (Phi) is 6.30. The largest absolute Gasteiger partial charge is 0.352 e. The van der Waals surface area contributed by atoms with Crippen molar-refractivity contribution in [2.75, 3.05) is 11.3 Å². The molecule has 0 aliphatic heterocycles. The predicted octanol–water partition coefficient (Wildman–Crippen LogP) is 4.28. The van der Waals surface area contributed by atoms with E-state index in [1.165, 1.54) is 12.1 Å². The highest BCUT2D eigenvalue weighted by atomic mass is 79.9. The molecule has 0 spiro atoms. The highest BCUT2D eigenvalue weighted by Gasteiger charge is 2.16. The molecule has 0 aliphatic carbocycles. The van der Waals surface area contributed by atoms with E-state index in [0.717, 1.165) is 21.4 Å². The third-order valence-corrected chi connectivity index (χ3v) is 7.33. The van der Waals surface area contributed by atoms with Crippen LogP contribution in [-0.4, -0.2) is 20.9 Å². The lowest BCUT2D eigenvalue weighted by atomic mass is 10.1. The summed E-state index contributed by atoms with van der Waals surface area (Å²) >= 11 is 4.62. The van der Waals surface area contributed by atoms with Gasteiger partial charge in [0.15, 0.2) is 0 Å². The number of hydrogen-bond donors (Lipinski definition) is 2. The zero-order valence-corrected chi connectivity index (χ0v) is 17.4. The molecule has 27 heavy (non-hydrogen) atoms. The first-order chi connectivity index (χ1) is 13.0. The van der Waals surface area contributed by atoms with Crippen LogP contribution in [0.1, 0.15) is 15.9 Å². The van der Waals surface area contributed by atoms with Gasteiger partial charge in [0.1, 0.15) is 4.21 Å². The molecule has 0 aliphatic rings. The lowest BCUT2D eigenvalue weighted by Gasteiger charge is -2.09. The van der Waals surface area contributed by atoms with E-state index >= 15 is 0 Å². The van der Waals surface area contributed by atoms with Crippen molar-refractivity contribution in [2.24, 2.45) is 0 Å². The lowest BCUT2D eigenvalue weighted by Crippen LogP contribution is -2.26. The normalized spacial score (nSPS) is 11.1. The Balaban J connectivity index is 1.63. The number of halogens is 1. The van der Waals surface area contributed by atoms with E-state index < -0.39 is 10.0 Å². The Hall–Kier alpha value is -2.16. The first kappa shape index (κ1) is 19.6. The second-order valence-electron chi connectivity index (χ2n) is 5.72. The topological polar surface area (TPSA) is 75.3 Å². The van der Waals surface area contributed by atoms with Gasteiger partial charge in [-0.15, -0.1) is 11.3 Å². The summed E-state index contributed by atoms with van der Waals surface area (Å²) in [7, 11) is -3.64. The molecule has 3 aromatic rings. The van der Waals surface area contributed by atoms with Crippen LogP contribution in [0.25, 0.3) is 0 Å². The Morgan fingerprint density at radius 3 is 2.59 bits per heavy atom. The fourth-order valence-electron chi connectivity index (χ4n) is 2.46. The van der Waals surface area contributed by atoms with Crippen LogP contribution in [0.3, 0.4) is 0 Å². The number of thiophene rings is 1. The summed E-state index contributed by atoms with van der Waals surface area (Å²) in [6, 6.07) is 17.5. The second-order valence-corrected chi connectivity index (χ2v) is 9.43. The van der Waals surface area contributed by atoms with Crippen molar-refractivity contribution >= 4 is 48.9 Å². The third-order valence-electron chi connectivity index (χ3n) is 3.77. The molecule has 0 bridgehead atoms. The van der Waals surface area contributed by atoms with Gasteiger partial charge in [-0.05, 0) is 47.7 Å². The molecule has 0 radical (unpaired) electrons. The first-order valence-corrected chi connectivity index (χ1v) is 11.3. The third kappa shape index (κ3) is 5.18. The smallest absolute Gasteiger partial charge is 0.271 e. The van der Waals surface area contributed by atoms with Crippen LogP contribution in [0.15, 0.2) is 74.7 Å². The number of sulfonamides is 1. The zero-order valence-electron chi connectivity index (χ0n) is 14.2. The molecule has 3 rings (SSSR count). The number of nitrogens with one attached hydrogen (secondary N) is 2. The van der Waals surface area contributed by atoms with E-state index in [1.807, 2.05) is 24.3 Å². The Labute approximate surface area is 170 Å². The van der Waals surface area contributed by atoms with E-state index in [1.54, 1.807) is 29.6 Å². The van der Waals surface area contributed by atoms with Gasteiger partial charge in [-0.3, -0.25) is 9.52 Å². The van der Waals surface area contributed by atoms with Crippen molar-refractivity contribution in [3.05, 3.63) is 81.6 Å². The van der Waals surface area contributed by atoms with Crippen LogP contribution in [0.2, 0.25) is 0 Å². The molecular weight excluding hydrogens is 448 g/mol. The van der Waals surface area contributed by atoms with E-state index in [0.29, 0.717) is 24.2 Å². The molecule has 0 unspecified atom stereocenters. The fourth-order valence-corrected chi connectivity index (χ4v) is 4.99. The van der Waals surface area contributed by atoms with E-state index in [9.17, 15) is 13.2 Å². The summed E-state index contributed by atoms with van der Waals surface area (Å²) in [6.45, 7) is 0.479. The molecular formula is C19H17BrN2O3S2. The van der Waals surface area contributed by atoms with Gasteiger partial charge in [-0.1, -0.05) is 46.3 Å². The molecule has 2 aromatic carbocycles. The molecule has 0 fully saturated rings. The van der Waals surface area contributed by atoms with Gasteiger partial charge in [0, 0.05) is 22.3 Å². The summed E-state index contributed by atoms with van der Waals surface area (Å²) in [5.41, 5.74) is 1.85. The minimum absolute atomic E-state index is 0.228. The average Bonchev–Trinajstić information content (AvgIpc) is 3.19. The van der Waals surface area contributed by atoms with Crippen molar-refractivity contribution in [2.45, 2.75) is 10.6 Å². The Bertz CT molecular complexity index is 1030. The van der Waals surface area contributed by atoms with Gasteiger partial charge in [0.2, 0.25) is 0 Å². The number of hydrogen-bond acceptors (Lipinski definition) is 4. The van der Waals surface area contributed by atoms with Gasteiger partial charge < -0.3 is 5.32 Å². The van der Waals surface area contributed by atoms with Crippen LogP contribution in [0, 0.1) is 0 Å². The number of benzene rings is 2. The van der Waals surface area contributed by atoms with E-state index in [4.69, 9.17) is 0 Å². The summed E-state index contributed by atoms with van der Waals surface area (Å²) < 4.78 is 28.3. The van der Waals surface area contributed by atoms with Crippen molar-refractivity contribution in [3.8, 4) is 0 Å². The summed E-state index contributed by atoms with van der Waals surface area (Å²) in [4.78, 5) is 12.4. The van der Waals surface area contributed by atoms with Gasteiger partial charge in [0.25, 0.3) is 15.9 Å². The van der Waals surface area contributed by atoms with Gasteiger partial charge >= 0.3 is 0 Å². The lowest BCUT2D eigenvalue weighted by molar-refractivity contribution is 0.0954. The van der Waals surface area contributed by atoms with Gasteiger partial charge in [0.05, 0.1) is 0 Å². The maximum atomic E-state index is 12.4. The molecule has 0 saturated carbocycles. The number of anilines is 1. The molecule has 140 valence electrons. The monoisotopic (exact) mass is 464 g/mol. The second kappa shape index (κ2) is 8.69. The van der Waals surface area contributed by atoms with Crippen LogP contribution < -0.4 is 10.0 Å². The predicted molar refractivity (Wildman–Crippen MR) is 112 cm³/mol. The summed E-state index contributed by atoms with van der Waals surface area (Å²) in [6.07, 6.45) is 0.692. The Morgan fingerprint density at radius 2 is 1.85 bits per heavy atom. The van der Waals surface area contributed by atoms with Gasteiger partial charge in [-0.25, -0.2) is 8.42 Å². The summed E-state index contributed by atoms with van der Waals surface area (Å²) in [5.74, 6) is -0.251. The first-order valence-electron chi connectivity index (χ1n) is 8.14. The van der Waals surface area contributed by atoms with Crippen LogP contribution >= 0.6 is 27.3 Å². The quantitative estimate of drug-likeness (QED) is 0.547. The van der Waals surface area contributed by atoms with E-state index in [-0.39, 0.29) is 10.1 Å². The molecule has 1 amide bonds. The van der Waals surface area contributed by atoms with Crippen molar-refractivity contribution in [3.63, 3.8) is 0 Å². The molecule has 2 N–H and O–H groups in total. The van der Waals surface area contributed by atoms with Crippen molar-refractivity contribution in [1.29, 1.82) is 0 Å². The Morgan fingerprint density at radius 1 is 1.04 bits per heavy atom. The minimum Gasteiger partial charge on any atom is -0.352 e. The molecule has 5 nitrogen and oxygen atoms in total. The van der Waals surface area contributed by atoms with Crippen molar-refractivity contribution < 1.29 is 13.2 Å². The SMILES string of the molecule is O=C(NCCc1ccccc1Br)c1cccc(NS(=O)(=O)c2cccs2)c1. The van der Waals surface area contributed by atoms with E-state index in [2.05, 4.69) is 26.0 Å². The molecule has 1 heterocycles. The number of rotatable bonds is 7. The molecule has 8 heteroatoms. The summed E-state index contributed by atoms with van der Waals surface area (Å²) in [5, 5.41) is 4.56. The fraction of sp³-hybridized carbons (Fsp3) is 0.105. The molecule has 0 atom stereocenters. The zero-order chi connectivity index (χ0) is 19.3. The maximum absolute atomic E-state index is 12.4. The minimum atomic E-state index is -3.64. The number of amides is 1. The molecule has 0 saturated heterocycles. The van der Waals surface area contributed by atoms with Gasteiger partial charge in [-0.2, -0.15) is 0 Å². The standard InChI is InChI=1S/C19H17BrN2O3S2/c20-17-8-2-1-5-14(17)10-11-21-19(23)15-6-3-7-16(13-15)22-27(24,25)18-9-4-12-26-18/h1-9,12-13,22H,10-11H2,(H,21,23). The van der Waals surface area contributed by atoms with Crippen LogP contribution in [-0.2, 0) is 16.4 Å². The van der Waals surface area contributed by atoms with Crippen LogP contribution in [0.4, 0.5) is 5.69 Å². The highest BCUT2D eigenvalue weighted by Crippen LogP contribution is 2.21. The average molecular weight is 465 g/mol. The number of carbonyl (C=O) groups is 1. The molecule has 1 aromatic heterocycles. The number of carbonyl (C=O) groups excluding carboxylic acids is 1.